The van der Waals surface area contributed by atoms with E-state index in [2.05, 4.69) is 4.99 Å². The number of carbonyl (C=O) groups excluding carboxylic acids is 1. The Kier molecular flexibility index (Phi) is 6.62. The van der Waals surface area contributed by atoms with Crippen LogP contribution in [0.5, 0.6) is 0 Å². The number of ether oxygens (including phenoxy) is 1. The van der Waals surface area contributed by atoms with E-state index in [0.29, 0.717) is 37.3 Å². The average molecular weight is 293 g/mol. The van der Waals surface area contributed by atoms with Gasteiger partial charge < -0.3 is 15.4 Å². The smallest absolute Gasteiger partial charge is 0.194 e. The second kappa shape index (κ2) is 7.98. The maximum absolute atomic E-state index is 12.7. The molecule has 1 rings (SSSR count). The van der Waals surface area contributed by atoms with Gasteiger partial charge in [0.15, 0.2) is 5.78 Å². The van der Waals surface area contributed by atoms with Crippen LogP contribution in [0.2, 0.25) is 0 Å². The molecule has 5 heteroatoms. The fourth-order valence-corrected chi connectivity index (χ4v) is 2.34. The number of nitrogens with two attached hydrogens (primary N) is 1. The number of rotatable bonds is 6. The van der Waals surface area contributed by atoms with Crippen LogP contribution in [-0.2, 0) is 9.53 Å². The zero-order valence-corrected chi connectivity index (χ0v) is 13.8. The number of hydrogen-bond donors (Lipinski definition) is 1. The minimum absolute atomic E-state index is 0.0114. The molecule has 1 aliphatic rings. The zero-order chi connectivity index (χ0) is 16.0. The van der Waals surface area contributed by atoms with Gasteiger partial charge in [0.2, 0.25) is 0 Å². The molecule has 0 saturated carbocycles. The quantitative estimate of drug-likeness (QED) is 0.460. The first-order valence-electron chi connectivity index (χ1n) is 7.32. The van der Waals surface area contributed by atoms with Crippen LogP contribution in [0.1, 0.15) is 26.7 Å². The summed E-state index contributed by atoms with van der Waals surface area (Å²) in [6.07, 6.45) is 3.27. The van der Waals surface area contributed by atoms with Gasteiger partial charge in [-0.15, -0.1) is 0 Å². The highest BCUT2D eigenvalue weighted by molar-refractivity contribution is 6.29. The van der Waals surface area contributed by atoms with Gasteiger partial charge in [0.05, 0.1) is 24.4 Å². The molecule has 0 aliphatic heterocycles. The number of methoxy groups -OCH3 is 1. The van der Waals surface area contributed by atoms with Crippen molar-refractivity contribution in [2.45, 2.75) is 26.7 Å². The molecule has 0 heterocycles. The zero-order valence-electron chi connectivity index (χ0n) is 13.8. The van der Waals surface area contributed by atoms with Gasteiger partial charge in [0, 0.05) is 38.7 Å². The van der Waals surface area contributed by atoms with Crippen LogP contribution in [0.25, 0.3) is 0 Å². The molecule has 0 aromatic carbocycles. The molecule has 0 radical (unpaired) electrons. The lowest BCUT2D eigenvalue weighted by Gasteiger charge is -2.23. The van der Waals surface area contributed by atoms with Crippen molar-refractivity contribution in [1.29, 1.82) is 0 Å². The summed E-state index contributed by atoms with van der Waals surface area (Å²) < 4.78 is 5.03. The van der Waals surface area contributed by atoms with Gasteiger partial charge in [-0.25, -0.2) is 0 Å². The fourth-order valence-electron chi connectivity index (χ4n) is 2.34. The number of ketones is 1. The van der Waals surface area contributed by atoms with Crippen LogP contribution in [0.15, 0.2) is 28.0 Å². The Bertz CT molecular complexity index is 474. The number of hydrogen-bond acceptors (Lipinski definition) is 5. The Morgan fingerprint density at radius 1 is 1.43 bits per heavy atom. The molecule has 1 aliphatic carbocycles. The summed E-state index contributed by atoms with van der Waals surface area (Å²) in [7, 11) is 5.47. The highest BCUT2D eigenvalue weighted by Gasteiger charge is 2.28. The summed E-state index contributed by atoms with van der Waals surface area (Å²) in [4.78, 5) is 19.1. The third-order valence-electron chi connectivity index (χ3n) is 3.30. The SMILES string of the molecule is COCCN=C(C1=C(N)CC/C(=C\N(C)C)C1=O)C(C)C. The number of carbonyl (C=O) groups is 1. The molecule has 21 heavy (non-hydrogen) atoms. The van der Waals surface area contributed by atoms with Crippen LogP contribution in [0.3, 0.4) is 0 Å². The second-order valence-corrected chi connectivity index (χ2v) is 5.76. The van der Waals surface area contributed by atoms with E-state index in [0.717, 1.165) is 11.3 Å². The molecule has 0 aromatic heterocycles. The fraction of sp³-hybridized carbons (Fsp3) is 0.625. The van der Waals surface area contributed by atoms with Crippen molar-refractivity contribution in [3.63, 3.8) is 0 Å². The van der Waals surface area contributed by atoms with Crippen LogP contribution < -0.4 is 5.73 Å². The van der Waals surface area contributed by atoms with E-state index in [1.54, 1.807) is 7.11 Å². The molecule has 118 valence electrons. The van der Waals surface area contributed by atoms with E-state index in [9.17, 15) is 4.79 Å². The average Bonchev–Trinajstić information content (AvgIpc) is 2.40. The van der Waals surface area contributed by atoms with Gasteiger partial charge in [-0.05, 0) is 18.8 Å². The number of aliphatic imine (C=N–C) groups is 1. The van der Waals surface area contributed by atoms with Gasteiger partial charge in [0.25, 0.3) is 0 Å². The maximum atomic E-state index is 12.7. The van der Waals surface area contributed by atoms with E-state index < -0.39 is 0 Å². The van der Waals surface area contributed by atoms with E-state index >= 15 is 0 Å². The highest BCUT2D eigenvalue weighted by atomic mass is 16.5. The molecular weight excluding hydrogens is 266 g/mol. The van der Waals surface area contributed by atoms with Crippen molar-refractivity contribution in [2.75, 3.05) is 34.4 Å². The Hall–Kier alpha value is -1.62. The summed E-state index contributed by atoms with van der Waals surface area (Å²) >= 11 is 0. The number of allylic oxidation sites excluding steroid dienone is 3. The minimum atomic E-state index is 0.0114. The van der Waals surface area contributed by atoms with E-state index in [-0.39, 0.29) is 11.7 Å². The Morgan fingerprint density at radius 3 is 2.62 bits per heavy atom. The predicted molar refractivity (Wildman–Crippen MR) is 86.2 cm³/mol. The Morgan fingerprint density at radius 2 is 2.10 bits per heavy atom. The van der Waals surface area contributed by atoms with Crippen molar-refractivity contribution in [3.05, 3.63) is 23.0 Å². The van der Waals surface area contributed by atoms with Crippen molar-refractivity contribution in [1.82, 2.24) is 4.90 Å². The van der Waals surface area contributed by atoms with Crippen molar-refractivity contribution >= 4 is 11.5 Å². The molecule has 0 bridgehead atoms. The van der Waals surface area contributed by atoms with Crippen LogP contribution in [0, 0.1) is 5.92 Å². The van der Waals surface area contributed by atoms with Crippen molar-refractivity contribution < 1.29 is 9.53 Å². The van der Waals surface area contributed by atoms with Gasteiger partial charge in [-0.3, -0.25) is 9.79 Å². The summed E-state index contributed by atoms with van der Waals surface area (Å²) in [5, 5.41) is 0. The molecule has 0 fully saturated rings. The van der Waals surface area contributed by atoms with E-state index in [1.165, 1.54) is 0 Å². The number of Topliss-reactive ketones (excluding diaryl/α,β-unsaturated/α-hetero) is 1. The van der Waals surface area contributed by atoms with Crippen LogP contribution in [-0.4, -0.2) is 50.8 Å². The molecule has 0 saturated heterocycles. The molecule has 0 spiro atoms. The summed E-state index contributed by atoms with van der Waals surface area (Å²) in [6.45, 7) is 5.14. The Labute approximate surface area is 127 Å². The first kappa shape index (κ1) is 17.4. The molecule has 2 N–H and O–H groups in total. The standard InChI is InChI=1S/C16H27N3O2/c1-11(2)15(18-8-9-21-5)14-13(17)7-6-12(16(14)20)10-19(3)4/h10-11H,6-9,17H2,1-5H3/b12-10+,18-15?. The molecule has 0 atom stereocenters. The third-order valence-corrected chi connectivity index (χ3v) is 3.30. The molecule has 0 amide bonds. The summed E-state index contributed by atoms with van der Waals surface area (Å²) in [6, 6.07) is 0. The largest absolute Gasteiger partial charge is 0.401 e. The molecule has 5 nitrogen and oxygen atoms in total. The minimum Gasteiger partial charge on any atom is -0.401 e. The summed E-state index contributed by atoms with van der Waals surface area (Å²) in [5.41, 5.74) is 8.95. The monoisotopic (exact) mass is 293 g/mol. The lowest BCUT2D eigenvalue weighted by molar-refractivity contribution is -0.112. The van der Waals surface area contributed by atoms with Crippen molar-refractivity contribution in [2.24, 2.45) is 16.6 Å². The highest BCUT2D eigenvalue weighted by Crippen LogP contribution is 2.26. The second-order valence-electron chi connectivity index (χ2n) is 5.76. The van der Waals surface area contributed by atoms with Crippen molar-refractivity contribution in [3.8, 4) is 0 Å². The summed E-state index contributed by atoms with van der Waals surface area (Å²) in [5.74, 6) is 0.162. The number of nitrogens with zero attached hydrogens (tertiary/aromatic N) is 2. The lowest BCUT2D eigenvalue weighted by atomic mass is 9.85. The molecular formula is C16H27N3O2. The van der Waals surface area contributed by atoms with Gasteiger partial charge in [-0.1, -0.05) is 13.8 Å². The third kappa shape index (κ3) is 4.70. The molecule has 0 unspecified atom stereocenters. The first-order chi connectivity index (χ1) is 9.88. The van der Waals surface area contributed by atoms with E-state index in [4.69, 9.17) is 10.5 Å². The van der Waals surface area contributed by atoms with E-state index in [1.807, 2.05) is 39.0 Å². The van der Waals surface area contributed by atoms with Gasteiger partial charge in [-0.2, -0.15) is 0 Å². The van der Waals surface area contributed by atoms with Crippen LogP contribution in [0.4, 0.5) is 0 Å². The Balaban J connectivity index is 3.15. The molecule has 0 aromatic rings. The lowest BCUT2D eigenvalue weighted by Crippen LogP contribution is -2.28. The van der Waals surface area contributed by atoms with Crippen LogP contribution >= 0.6 is 0 Å². The topological polar surface area (TPSA) is 67.9 Å². The predicted octanol–water partition coefficient (Wildman–Crippen LogP) is 1.75. The maximum Gasteiger partial charge on any atom is 0.194 e. The van der Waals surface area contributed by atoms with Gasteiger partial charge in [0.1, 0.15) is 0 Å². The first-order valence-corrected chi connectivity index (χ1v) is 7.32. The normalized spacial score (nSPS) is 18.9. The van der Waals surface area contributed by atoms with Gasteiger partial charge >= 0.3 is 0 Å².